The molecule has 12 rings (SSSR count). The molecular formula is C61H42N2. The Bertz CT molecular complexity index is 3430. The molecule has 0 saturated carbocycles. The van der Waals surface area contributed by atoms with Crippen molar-refractivity contribution in [2.45, 2.75) is 5.41 Å². The zero-order valence-electron chi connectivity index (χ0n) is 34.6. The highest BCUT2D eigenvalue weighted by molar-refractivity contribution is 6.10. The van der Waals surface area contributed by atoms with Crippen molar-refractivity contribution in [3.8, 4) is 39.1 Å². The molecule has 0 aliphatic heterocycles. The van der Waals surface area contributed by atoms with Gasteiger partial charge in [-0.05, 0) is 116 Å². The average molecular weight is 803 g/mol. The van der Waals surface area contributed by atoms with Crippen LogP contribution in [0.25, 0.3) is 60.9 Å². The van der Waals surface area contributed by atoms with Crippen LogP contribution in [-0.4, -0.2) is 4.57 Å². The summed E-state index contributed by atoms with van der Waals surface area (Å²) < 4.78 is 2.42. The molecule has 296 valence electrons. The molecule has 0 N–H and O–H groups in total. The topological polar surface area (TPSA) is 8.17 Å². The summed E-state index contributed by atoms with van der Waals surface area (Å²) in [7, 11) is 0. The average Bonchev–Trinajstić information content (AvgIpc) is 3.85. The molecule has 0 saturated heterocycles. The Morgan fingerprint density at radius 1 is 0.302 bits per heavy atom. The zero-order chi connectivity index (χ0) is 41.7. The number of aromatic nitrogens is 1. The van der Waals surface area contributed by atoms with Gasteiger partial charge >= 0.3 is 0 Å². The fourth-order valence-corrected chi connectivity index (χ4v) is 10.3. The monoisotopic (exact) mass is 802 g/mol. The van der Waals surface area contributed by atoms with Crippen molar-refractivity contribution in [2.75, 3.05) is 4.90 Å². The fraction of sp³-hybridized carbons (Fsp3) is 0.0164. The third-order valence-corrected chi connectivity index (χ3v) is 13.1. The minimum atomic E-state index is -0.571. The summed E-state index contributed by atoms with van der Waals surface area (Å²) in [6.07, 6.45) is 0. The van der Waals surface area contributed by atoms with Crippen LogP contribution in [0.15, 0.2) is 255 Å². The Kier molecular flexibility index (Phi) is 8.76. The maximum Gasteiger partial charge on any atom is 0.0714 e. The Morgan fingerprint density at radius 3 is 1.60 bits per heavy atom. The van der Waals surface area contributed by atoms with Crippen molar-refractivity contribution in [2.24, 2.45) is 0 Å². The number of rotatable bonds is 8. The molecular weight excluding hydrogens is 761 g/mol. The van der Waals surface area contributed by atoms with Gasteiger partial charge in [0.25, 0.3) is 0 Å². The smallest absolute Gasteiger partial charge is 0.0714 e. The van der Waals surface area contributed by atoms with E-state index >= 15 is 0 Å². The minimum Gasteiger partial charge on any atom is -0.310 e. The van der Waals surface area contributed by atoms with E-state index in [1.807, 2.05) is 0 Å². The van der Waals surface area contributed by atoms with Crippen molar-refractivity contribution in [1.82, 2.24) is 4.57 Å². The Labute approximate surface area is 368 Å². The number of benzene rings is 10. The van der Waals surface area contributed by atoms with Crippen LogP contribution in [0, 0.1) is 0 Å². The van der Waals surface area contributed by atoms with E-state index in [1.54, 1.807) is 0 Å². The number of para-hydroxylation sites is 2. The van der Waals surface area contributed by atoms with Gasteiger partial charge in [0.1, 0.15) is 0 Å². The molecule has 1 heterocycles. The van der Waals surface area contributed by atoms with E-state index in [4.69, 9.17) is 0 Å². The van der Waals surface area contributed by atoms with Crippen LogP contribution in [-0.2, 0) is 5.41 Å². The lowest BCUT2D eigenvalue weighted by molar-refractivity contribution is 0.769. The summed E-state index contributed by atoms with van der Waals surface area (Å²) in [6, 6.07) is 93.4. The van der Waals surface area contributed by atoms with Crippen molar-refractivity contribution in [1.29, 1.82) is 0 Å². The SMILES string of the molecule is c1ccc(-c2ccc(-n3c4ccccc4c4ccc(N(c5ccccc5)c5ccc6c(c5)C(c5ccccc5)(c5cccc(-c7ccccc7)c5)c5ccccc5-6)cc43)cc2)cc1. The Balaban J connectivity index is 1.08. The van der Waals surface area contributed by atoms with E-state index in [0.717, 1.165) is 28.3 Å². The van der Waals surface area contributed by atoms with Crippen molar-refractivity contribution in [3.63, 3.8) is 0 Å². The Hall–Kier alpha value is -8.20. The molecule has 0 fully saturated rings. The Morgan fingerprint density at radius 2 is 0.841 bits per heavy atom. The van der Waals surface area contributed by atoms with Gasteiger partial charge in [-0.1, -0.05) is 194 Å². The van der Waals surface area contributed by atoms with Crippen LogP contribution in [0.3, 0.4) is 0 Å². The van der Waals surface area contributed by atoms with Crippen LogP contribution in [0.1, 0.15) is 22.3 Å². The molecule has 2 heteroatoms. The second-order valence-corrected chi connectivity index (χ2v) is 16.5. The summed E-state index contributed by atoms with van der Waals surface area (Å²) in [4.78, 5) is 2.43. The predicted octanol–water partition coefficient (Wildman–Crippen LogP) is 16.0. The van der Waals surface area contributed by atoms with Crippen molar-refractivity contribution >= 4 is 38.9 Å². The number of nitrogens with zero attached hydrogens (tertiary/aromatic N) is 2. The molecule has 1 unspecified atom stereocenters. The molecule has 0 bridgehead atoms. The molecule has 0 spiro atoms. The molecule has 1 aliphatic rings. The molecule has 0 amide bonds. The zero-order valence-corrected chi connectivity index (χ0v) is 34.6. The van der Waals surface area contributed by atoms with Gasteiger partial charge in [0.15, 0.2) is 0 Å². The maximum atomic E-state index is 2.46. The van der Waals surface area contributed by atoms with Gasteiger partial charge in [-0.25, -0.2) is 0 Å². The van der Waals surface area contributed by atoms with E-state index in [-0.39, 0.29) is 0 Å². The van der Waals surface area contributed by atoms with E-state index in [9.17, 15) is 0 Å². The van der Waals surface area contributed by atoms with E-state index in [1.165, 1.54) is 71.9 Å². The van der Waals surface area contributed by atoms with Crippen molar-refractivity contribution < 1.29 is 0 Å². The highest BCUT2D eigenvalue weighted by Crippen LogP contribution is 2.57. The minimum absolute atomic E-state index is 0.571. The second-order valence-electron chi connectivity index (χ2n) is 16.5. The first kappa shape index (κ1) is 36.6. The predicted molar refractivity (Wildman–Crippen MR) is 264 cm³/mol. The lowest BCUT2D eigenvalue weighted by Gasteiger charge is -2.35. The fourth-order valence-electron chi connectivity index (χ4n) is 10.3. The van der Waals surface area contributed by atoms with Gasteiger partial charge in [0.2, 0.25) is 0 Å². The first-order chi connectivity index (χ1) is 31.3. The van der Waals surface area contributed by atoms with Crippen LogP contribution in [0.4, 0.5) is 17.1 Å². The van der Waals surface area contributed by atoms with Gasteiger partial charge < -0.3 is 9.47 Å². The third kappa shape index (κ3) is 5.95. The summed E-state index contributed by atoms with van der Waals surface area (Å²) in [5.74, 6) is 0. The van der Waals surface area contributed by atoms with Gasteiger partial charge in [0, 0.05) is 33.5 Å². The highest BCUT2D eigenvalue weighted by Gasteiger charge is 2.46. The first-order valence-electron chi connectivity index (χ1n) is 21.8. The third-order valence-electron chi connectivity index (χ3n) is 13.1. The number of fused-ring (bicyclic) bond motifs is 6. The van der Waals surface area contributed by atoms with Gasteiger partial charge in [-0.2, -0.15) is 0 Å². The summed E-state index contributed by atoms with van der Waals surface area (Å²) >= 11 is 0. The van der Waals surface area contributed by atoms with Gasteiger partial charge in [0.05, 0.1) is 16.4 Å². The highest BCUT2D eigenvalue weighted by atomic mass is 15.1. The molecule has 1 aliphatic carbocycles. The molecule has 0 radical (unpaired) electrons. The van der Waals surface area contributed by atoms with Crippen molar-refractivity contribution in [3.05, 3.63) is 277 Å². The van der Waals surface area contributed by atoms with E-state index in [0.29, 0.717) is 0 Å². The maximum absolute atomic E-state index is 2.46. The van der Waals surface area contributed by atoms with E-state index < -0.39 is 5.41 Å². The number of anilines is 3. The standard InChI is InChI=1S/C61H42N2/c1-5-18-43(19-6-1)45-32-34-50(35-33-45)63-59-31-16-14-29-55(59)56-39-37-52(42-60(56)63)62(49-26-11-4-12-27-49)51-36-38-54-53-28-13-15-30-57(53)61(58(54)41-51,47-23-9-3-10-24-47)48-25-17-22-46(40-48)44-20-7-2-8-21-44/h1-42H. The quantitative estimate of drug-likeness (QED) is 0.149. The molecule has 11 aromatic rings. The normalized spacial score (nSPS) is 14.1. The van der Waals surface area contributed by atoms with Crippen LogP contribution >= 0.6 is 0 Å². The van der Waals surface area contributed by atoms with Crippen LogP contribution in [0.2, 0.25) is 0 Å². The van der Waals surface area contributed by atoms with Gasteiger partial charge in [-0.3, -0.25) is 0 Å². The molecule has 1 atom stereocenters. The van der Waals surface area contributed by atoms with Crippen LogP contribution in [0.5, 0.6) is 0 Å². The summed E-state index contributed by atoms with van der Waals surface area (Å²) in [6.45, 7) is 0. The number of hydrogen-bond donors (Lipinski definition) is 0. The van der Waals surface area contributed by atoms with Gasteiger partial charge in [-0.15, -0.1) is 0 Å². The molecule has 10 aromatic carbocycles. The second kappa shape index (κ2) is 15.1. The number of hydrogen-bond acceptors (Lipinski definition) is 1. The lowest BCUT2D eigenvalue weighted by Crippen LogP contribution is -2.29. The molecule has 1 aromatic heterocycles. The lowest BCUT2D eigenvalue weighted by atomic mass is 9.67. The molecule has 63 heavy (non-hydrogen) atoms. The summed E-state index contributed by atoms with van der Waals surface area (Å²) in [5.41, 5.74) is 18.6. The van der Waals surface area contributed by atoms with E-state index in [2.05, 4.69) is 264 Å². The first-order valence-corrected chi connectivity index (χ1v) is 21.8. The van der Waals surface area contributed by atoms with Crippen LogP contribution < -0.4 is 4.90 Å². The largest absolute Gasteiger partial charge is 0.310 e. The molecule has 2 nitrogen and oxygen atoms in total. The summed E-state index contributed by atoms with van der Waals surface area (Å²) in [5, 5.41) is 2.46.